The molecule has 112 valence electrons. The number of rotatable bonds is 2. The van der Waals surface area contributed by atoms with Crippen molar-refractivity contribution in [3.05, 3.63) is 70.8 Å². The van der Waals surface area contributed by atoms with Crippen molar-refractivity contribution in [1.82, 2.24) is 0 Å². The molecule has 2 atom stereocenters. The van der Waals surface area contributed by atoms with Gasteiger partial charge in [-0.05, 0) is 30.5 Å². The second-order valence-electron chi connectivity index (χ2n) is 5.48. The van der Waals surface area contributed by atoms with E-state index in [4.69, 9.17) is 0 Å². The third-order valence-electron chi connectivity index (χ3n) is 3.85. The van der Waals surface area contributed by atoms with Gasteiger partial charge < -0.3 is 5.11 Å². The van der Waals surface area contributed by atoms with Gasteiger partial charge in [-0.1, -0.05) is 48.0 Å². The van der Waals surface area contributed by atoms with E-state index >= 15 is 0 Å². The maximum absolute atomic E-state index is 12.9. The first-order valence-corrected chi connectivity index (χ1v) is 8.07. The summed E-state index contributed by atoms with van der Waals surface area (Å²) in [6.45, 7) is 1.94. The van der Waals surface area contributed by atoms with Gasteiger partial charge in [-0.25, -0.2) is 0 Å². The van der Waals surface area contributed by atoms with E-state index in [-0.39, 0.29) is 5.78 Å². The van der Waals surface area contributed by atoms with Crippen LogP contribution in [0, 0.1) is 6.92 Å². The maximum Gasteiger partial charge on any atom is 0.316 e. The highest BCUT2D eigenvalue weighted by molar-refractivity contribution is 8.01. The van der Waals surface area contributed by atoms with Crippen LogP contribution in [0.5, 0.6) is 0 Å². The van der Waals surface area contributed by atoms with Crippen LogP contribution < -0.4 is 0 Å². The number of aryl methyl sites for hydroxylation is 1. The minimum atomic E-state index is -0.868. The molecule has 0 radical (unpaired) electrons. The van der Waals surface area contributed by atoms with Gasteiger partial charge in [0.05, 0.1) is 5.25 Å². The summed E-state index contributed by atoms with van der Waals surface area (Å²) in [6.07, 6.45) is 0.380. The summed E-state index contributed by atoms with van der Waals surface area (Å²) in [4.78, 5) is 24.5. The molecule has 1 aliphatic rings. The van der Waals surface area contributed by atoms with Crippen LogP contribution >= 0.6 is 11.8 Å². The number of carboxylic acid groups (broad SMARTS) is 1. The monoisotopic (exact) mass is 312 g/mol. The minimum absolute atomic E-state index is 0.00125. The number of hydrogen-bond acceptors (Lipinski definition) is 3. The molecule has 2 aromatic carbocycles. The molecule has 1 N–H and O–H groups in total. The Morgan fingerprint density at radius 1 is 1.18 bits per heavy atom. The number of carboxylic acids is 1. The molecule has 0 amide bonds. The average molecular weight is 312 g/mol. The van der Waals surface area contributed by atoms with Crippen LogP contribution in [-0.4, -0.2) is 22.1 Å². The molecule has 0 unspecified atom stereocenters. The molecule has 3 nitrogen and oxygen atoms in total. The normalized spacial score (nSPS) is 21.0. The van der Waals surface area contributed by atoms with Gasteiger partial charge in [0.25, 0.3) is 0 Å². The lowest BCUT2D eigenvalue weighted by atomic mass is 9.94. The highest BCUT2D eigenvalue weighted by Gasteiger charge is 2.34. The first-order valence-electron chi connectivity index (χ1n) is 7.13. The molecule has 1 heterocycles. The summed E-state index contributed by atoms with van der Waals surface area (Å²) in [5, 5.41) is 8.38. The molecule has 0 spiro atoms. The number of carbonyl (C=O) groups is 2. The zero-order chi connectivity index (χ0) is 15.7. The molecule has 3 rings (SSSR count). The van der Waals surface area contributed by atoms with Crippen LogP contribution in [0.4, 0.5) is 0 Å². The third kappa shape index (κ3) is 2.79. The summed E-state index contributed by atoms with van der Waals surface area (Å²) in [6, 6.07) is 15.1. The van der Waals surface area contributed by atoms with Gasteiger partial charge in [0.2, 0.25) is 0 Å². The van der Waals surface area contributed by atoms with Gasteiger partial charge in [-0.3, -0.25) is 9.59 Å². The van der Waals surface area contributed by atoms with E-state index < -0.39 is 16.5 Å². The standard InChI is InChI=1S/C18H16O3S/c1-11-7-8-13-10-15(18(20)21)22-17(16(19)14(13)9-11)12-5-3-2-4-6-12/h2-9,15,17H,10H2,1H3,(H,20,21)/t15-,17+/m1/s1. The van der Waals surface area contributed by atoms with Gasteiger partial charge >= 0.3 is 5.97 Å². The van der Waals surface area contributed by atoms with Gasteiger partial charge in [-0.2, -0.15) is 0 Å². The Morgan fingerprint density at radius 2 is 1.91 bits per heavy atom. The molecule has 0 aromatic heterocycles. The summed E-state index contributed by atoms with van der Waals surface area (Å²) < 4.78 is 0. The van der Waals surface area contributed by atoms with E-state index in [1.807, 2.05) is 55.5 Å². The quantitative estimate of drug-likeness (QED) is 0.919. The van der Waals surface area contributed by atoms with Crippen LogP contribution in [0.2, 0.25) is 0 Å². The van der Waals surface area contributed by atoms with E-state index in [1.54, 1.807) is 0 Å². The predicted molar refractivity (Wildman–Crippen MR) is 87.4 cm³/mol. The van der Waals surface area contributed by atoms with Crippen LogP contribution in [0.3, 0.4) is 0 Å². The topological polar surface area (TPSA) is 54.4 Å². The second-order valence-corrected chi connectivity index (χ2v) is 6.80. The Kier molecular flexibility index (Phi) is 4.03. The van der Waals surface area contributed by atoms with Crippen molar-refractivity contribution in [2.45, 2.75) is 23.8 Å². The number of ketones is 1. The summed E-state index contributed by atoms with van der Waals surface area (Å²) >= 11 is 1.23. The molecule has 1 aliphatic heterocycles. The molecule has 0 saturated heterocycles. The average Bonchev–Trinajstić information content (AvgIpc) is 2.66. The Hall–Kier alpha value is -2.07. The van der Waals surface area contributed by atoms with Crippen molar-refractivity contribution in [1.29, 1.82) is 0 Å². The van der Waals surface area contributed by atoms with E-state index in [0.29, 0.717) is 12.0 Å². The number of fused-ring (bicyclic) bond motifs is 1. The van der Waals surface area contributed by atoms with Crippen molar-refractivity contribution in [2.75, 3.05) is 0 Å². The molecule has 0 saturated carbocycles. The molecule has 2 aromatic rings. The van der Waals surface area contributed by atoms with Crippen LogP contribution in [0.15, 0.2) is 48.5 Å². The molecule has 0 aliphatic carbocycles. The lowest BCUT2D eigenvalue weighted by Gasteiger charge is -2.16. The molecule has 22 heavy (non-hydrogen) atoms. The predicted octanol–water partition coefficient (Wildman–Crippen LogP) is 3.66. The Bertz CT molecular complexity index is 724. The van der Waals surface area contributed by atoms with Gasteiger partial charge in [0.1, 0.15) is 5.25 Å². The smallest absolute Gasteiger partial charge is 0.316 e. The molecular formula is C18H16O3S. The lowest BCUT2D eigenvalue weighted by Crippen LogP contribution is -2.19. The molecule has 4 heteroatoms. The first-order chi connectivity index (χ1) is 10.6. The second kappa shape index (κ2) is 5.97. The SMILES string of the molecule is Cc1ccc2c(c1)C(=O)[C@H](c1ccccc1)S[C@@H](C(=O)O)C2. The highest BCUT2D eigenvalue weighted by Crippen LogP contribution is 2.40. The van der Waals surface area contributed by atoms with E-state index in [0.717, 1.165) is 16.7 Å². The Balaban J connectivity index is 2.11. The van der Waals surface area contributed by atoms with Crippen LogP contribution in [0.1, 0.15) is 32.3 Å². The zero-order valence-electron chi connectivity index (χ0n) is 12.2. The fourth-order valence-electron chi connectivity index (χ4n) is 2.72. The van der Waals surface area contributed by atoms with Gasteiger partial charge in [-0.15, -0.1) is 11.8 Å². The largest absolute Gasteiger partial charge is 0.480 e. The maximum atomic E-state index is 12.9. The summed E-state index contributed by atoms with van der Waals surface area (Å²) in [5.41, 5.74) is 3.36. The Morgan fingerprint density at radius 3 is 2.59 bits per heavy atom. The van der Waals surface area contributed by atoms with E-state index in [1.165, 1.54) is 11.8 Å². The molecular weight excluding hydrogens is 296 g/mol. The van der Waals surface area contributed by atoms with Crippen LogP contribution in [0.25, 0.3) is 0 Å². The first kappa shape index (κ1) is 14.9. The van der Waals surface area contributed by atoms with Crippen molar-refractivity contribution < 1.29 is 14.7 Å². The minimum Gasteiger partial charge on any atom is -0.480 e. The van der Waals surface area contributed by atoms with Gasteiger partial charge in [0, 0.05) is 5.56 Å². The lowest BCUT2D eigenvalue weighted by molar-refractivity contribution is -0.136. The van der Waals surface area contributed by atoms with Gasteiger partial charge in [0.15, 0.2) is 5.78 Å². The number of hydrogen-bond donors (Lipinski definition) is 1. The van der Waals surface area contributed by atoms with Crippen molar-refractivity contribution in [3.63, 3.8) is 0 Å². The van der Waals surface area contributed by atoms with E-state index in [2.05, 4.69) is 0 Å². The summed E-state index contributed by atoms with van der Waals surface area (Å²) in [5.74, 6) is -0.870. The van der Waals surface area contributed by atoms with Crippen molar-refractivity contribution in [2.24, 2.45) is 0 Å². The highest BCUT2D eigenvalue weighted by atomic mass is 32.2. The zero-order valence-corrected chi connectivity index (χ0v) is 13.0. The third-order valence-corrected chi connectivity index (χ3v) is 5.31. The fraction of sp³-hybridized carbons (Fsp3) is 0.222. The molecule has 0 fully saturated rings. The van der Waals surface area contributed by atoms with E-state index in [9.17, 15) is 14.7 Å². The Labute approximate surface area is 133 Å². The van der Waals surface area contributed by atoms with Crippen molar-refractivity contribution >= 4 is 23.5 Å². The number of benzene rings is 2. The van der Waals surface area contributed by atoms with Crippen LogP contribution in [-0.2, 0) is 11.2 Å². The molecule has 0 bridgehead atoms. The number of carbonyl (C=O) groups excluding carboxylic acids is 1. The number of aliphatic carboxylic acids is 1. The fourth-order valence-corrected chi connectivity index (χ4v) is 4.00. The number of Topliss-reactive ketones (excluding diaryl/α,β-unsaturated/α-hetero) is 1. The number of thioether (sulfide) groups is 1. The summed E-state index contributed by atoms with van der Waals surface area (Å²) in [7, 11) is 0. The van der Waals surface area contributed by atoms with Crippen molar-refractivity contribution in [3.8, 4) is 0 Å².